The highest BCUT2D eigenvalue weighted by Gasteiger charge is 2.16. The number of methoxy groups -OCH3 is 2. The summed E-state index contributed by atoms with van der Waals surface area (Å²) in [5.41, 5.74) is 3.27. The van der Waals surface area contributed by atoms with Gasteiger partial charge in [-0.3, -0.25) is 0 Å². The van der Waals surface area contributed by atoms with Crippen molar-refractivity contribution in [2.24, 2.45) is 4.99 Å². The van der Waals surface area contributed by atoms with Crippen LogP contribution >= 0.6 is 0 Å². The van der Waals surface area contributed by atoms with Gasteiger partial charge in [0, 0.05) is 27.0 Å². The molecule has 110 valence electrons. The first-order valence-corrected chi connectivity index (χ1v) is 6.93. The minimum atomic E-state index is -0.297. The molecular formula is C16H19N3O2. The third-order valence-corrected chi connectivity index (χ3v) is 3.60. The molecule has 5 nitrogen and oxygen atoms in total. The highest BCUT2D eigenvalue weighted by molar-refractivity contribution is 5.99. The van der Waals surface area contributed by atoms with Crippen LogP contribution in [0.1, 0.15) is 11.3 Å². The molecule has 0 fully saturated rings. The molecule has 3 rings (SSSR count). The van der Waals surface area contributed by atoms with E-state index in [2.05, 4.69) is 28.2 Å². The number of ether oxygens (including phenoxy) is 2. The second-order valence-electron chi connectivity index (χ2n) is 4.89. The number of hydrogen-bond acceptors (Lipinski definition) is 4. The monoisotopic (exact) mass is 285 g/mol. The lowest BCUT2D eigenvalue weighted by Crippen LogP contribution is -2.35. The maximum Gasteiger partial charge on any atom is 0.173 e. The molecule has 0 spiro atoms. The topological polar surface area (TPSA) is 47.8 Å². The predicted octanol–water partition coefficient (Wildman–Crippen LogP) is 2.14. The molecule has 0 saturated heterocycles. The van der Waals surface area contributed by atoms with Gasteiger partial charge >= 0.3 is 0 Å². The van der Waals surface area contributed by atoms with E-state index >= 15 is 0 Å². The summed E-state index contributed by atoms with van der Waals surface area (Å²) in [4.78, 5) is 4.77. The van der Waals surface area contributed by atoms with E-state index in [0.717, 1.165) is 23.8 Å². The molecule has 0 radical (unpaired) electrons. The lowest BCUT2D eigenvalue weighted by atomic mass is 10.2. The second kappa shape index (κ2) is 6.11. The normalized spacial score (nSPS) is 13.4. The van der Waals surface area contributed by atoms with Gasteiger partial charge in [-0.2, -0.15) is 0 Å². The Kier molecular flexibility index (Phi) is 4.03. The first kappa shape index (κ1) is 13.9. The Morgan fingerprint density at radius 3 is 2.81 bits per heavy atom. The van der Waals surface area contributed by atoms with Crippen LogP contribution in [-0.4, -0.2) is 37.5 Å². The Morgan fingerprint density at radius 1 is 1.19 bits per heavy atom. The summed E-state index contributed by atoms with van der Waals surface area (Å²) in [6.07, 6.45) is 1.77. The van der Waals surface area contributed by atoms with Gasteiger partial charge in [0.15, 0.2) is 12.1 Å². The molecule has 1 aliphatic rings. The number of aliphatic imine (C=N–C) groups is 1. The number of rotatable bonds is 4. The van der Waals surface area contributed by atoms with E-state index in [-0.39, 0.29) is 6.29 Å². The summed E-state index contributed by atoms with van der Waals surface area (Å²) in [5.74, 6) is 0.837. The van der Waals surface area contributed by atoms with E-state index in [0.29, 0.717) is 6.54 Å². The SMILES string of the molecule is COC(CNC1=Nc2ccccc2Cn2cccc21)OC. The predicted molar refractivity (Wildman–Crippen MR) is 82.0 cm³/mol. The van der Waals surface area contributed by atoms with Gasteiger partial charge in [0.2, 0.25) is 0 Å². The number of fused-ring (bicyclic) bond motifs is 2. The molecule has 5 heteroatoms. The molecule has 0 amide bonds. The largest absolute Gasteiger partial charge is 0.363 e. The van der Waals surface area contributed by atoms with Gasteiger partial charge in [0.05, 0.1) is 17.9 Å². The zero-order valence-electron chi connectivity index (χ0n) is 12.2. The van der Waals surface area contributed by atoms with Crippen molar-refractivity contribution in [3.05, 3.63) is 53.9 Å². The zero-order chi connectivity index (χ0) is 14.7. The summed E-state index contributed by atoms with van der Waals surface area (Å²) >= 11 is 0. The molecule has 1 N–H and O–H groups in total. The zero-order valence-corrected chi connectivity index (χ0v) is 12.2. The van der Waals surface area contributed by atoms with Gasteiger partial charge in [-0.05, 0) is 23.8 Å². The molecule has 0 unspecified atom stereocenters. The van der Waals surface area contributed by atoms with Crippen molar-refractivity contribution in [2.75, 3.05) is 20.8 Å². The second-order valence-corrected chi connectivity index (χ2v) is 4.89. The van der Waals surface area contributed by atoms with Gasteiger partial charge in [-0.25, -0.2) is 4.99 Å². The Hall–Kier alpha value is -2.11. The van der Waals surface area contributed by atoms with Crippen LogP contribution in [0.15, 0.2) is 47.6 Å². The van der Waals surface area contributed by atoms with Crippen LogP contribution in [0.5, 0.6) is 0 Å². The molecule has 1 aromatic heterocycles. The molecule has 21 heavy (non-hydrogen) atoms. The molecule has 1 aliphatic heterocycles. The molecule has 0 bridgehead atoms. The molecule has 0 atom stereocenters. The summed E-state index contributed by atoms with van der Waals surface area (Å²) in [6, 6.07) is 12.3. The quantitative estimate of drug-likeness (QED) is 0.876. The lowest BCUT2D eigenvalue weighted by Gasteiger charge is -2.16. The van der Waals surface area contributed by atoms with E-state index in [1.807, 2.05) is 24.3 Å². The number of nitrogens with zero attached hydrogens (tertiary/aromatic N) is 2. The summed E-state index contributed by atoms with van der Waals surface area (Å²) < 4.78 is 12.6. The minimum Gasteiger partial charge on any atom is -0.363 e. The van der Waals surface area contributed by atoms with Crippen molar-refractivity contribution in [1.82, 2.24) is 9.88 Å². The first-order valence-electron chi connectivity index (χ1n) is 6.93. The highest BCUT2D eigenvalue weighted by Crippen LogP contribution is 2.24. The van der Waals surface area contributed by atoms with Crippen molar-refractivity contribution < 1.29 is 9.47 Å². The Bertz CT molecular complexity index is 644. The lowest BCUT2D eigenvalue weighted by molar-refractivity contribution is -0.0965. The van der Waals surface area contributed by atoms with Gasteiger partial charge in [0.25, 0.3) is 0 Å². The van der Waals surface area contributed by atoms with Crippen LogP contribution < -0.4 is 5.32 Å². The van der Waals surface area contributed by atoms with E-state index < -0.39 is 0 Å². The molecule has 1 aromatic carbocycles. The number of nitrogens with one attached hydrogen (secondary N) is 1. The molecular weight excluding hydrogens is 266 g/mol. The standard InChI is InChI=1S/C16H19N3O2/c1-20-15(21-2)10-17-16-14-8-5-9-19(14)11-12-6-3-4-7-13(12)18-16/h3-9,15H,10-11H2,1-2H3,(H,17,18). The van der Waals surface area contributed by atoms with Crippen molar-refractivity contribution in [3.8, 4) is 0 Å². The highest BCUT2D eigenvalue weighted by atomic mass is 16.7. The van der Waals surface area contributed by atoms with Gasteiger partial charge in [-0.1, -0.05) is 18.2 Å². The summed E-state index contributed by atoms with van der Waals surface area (Å²) in [5, 5.41) is 3.33. The van der Waals surface area contributed by atoms with Gasteiger partial charge in [-0.15, -0.1) is 0 Å². The van der Waals surface area contributed by atoms with E-state index in [1.165, 1.54) is 5.56 Å². The van der Waals surface area contributed by atoms with E-state index in [9.17, 15) is 0 Å². The molecule has 2 heterocycles. The first-order chi connectivity index (χ1) is 10.3. The van der Waals surface area contributed by atoms with Gasteiger partial charge in [0.1, 0.15) is 0 Å². The number of para-hydroxylation sites is 1. The average Bonchev–Trinajstić information content (AvgIpc) is 2.91. The Labute approximate surface area is 124 Å². The maximum atomic E-state index is 5.21. The fourth-order valence-electron chi connectivity index (χ4n) is 2.45. The van der Waals surface area contributed by atoms with E-state index in [4.69, 9.17) is 14.5 Å². The van der Waals surface area contributed by atoms with Crippen LogP contribution in [0.3, 0.4) is 0 Å². The minimum absolute atomic E-state index is 0.297. The third-order valence-electron chi connectivity index (χ3n) is 3.60. The van der Waals surface area contributed by atoms with Crippen molar-refractivity contribution >= 4 is 11.5 Å². The fourth-order valence-corrected chi connectivity index (χ4v) is 2.45. The fraction of sp³-hybridized carbons (Fsp3) is 0.312. The van der Waals surface area contributed by atoms with E-state index in [1.54, 1.807) is 14.2 Å². The van der Waals surface area contributed by atoms with Crippen molar-refractivity contribution in [3.63, 3.8) is 0 Å². The Balaban J connectivity index is 1.92. The smallest absolute Gasteiger partial charge is 0.173 e. The molecule has 0 aliphatic carbocycles. The number of benzene rings is 1. The van der Waals surface area contributed by atoms with Crippen LogP contribution in [0, 0.1) is 0 Å². The van der Waals surface area contributed by atoms with Crippen molar-refractivity contribution in [2.45, 2.75) is 12.8 Å². The maximum absolute atomic E-state index is 5.21. The van der Waals surface area contributed by atoms with Crippen LogP contribution in [0.2, 0.25) is 0 Å². The van der Waals surface area contributed by atoms with Gasteiger partial charge < -0.3 is 19.4 Å². The van der Waals surface area contributed by atoms with Crippen molar-refractivity contribution in [1.29, 1.82) is 0 Å². The third kappa shape index (κ3) is 2.84. The van der Waals surface area contributed by atoms with Crippen LogP contribution in [-0.2, 0) is 16.0 Å². The molecule has 2 aromatic rings. The number of hydrogen-bond donors (Lipinski definition) is 1. The summed E-state index contributed by atoms with van der Waals surface area (Å²) in [6.45, 7) is 1.37. The van der Waals surface area contributed by atoms with Crippen LogP contribution in [0.25, 0.3) is 0 Å². The average molecular weight is 285 g/mol. The number of amidine groups is 1. The summed E-state index contributed by atoms with van der Waals surface area (Å²) in [7, 11) is 3.26. The van der Waals surface area contributed by atoms with Crippen LogP contribution in [0.4, 0.5) is 5.69 Å². The Morgan fingerprint density at radius 2 is 2.00 bits per heavy atom. The number of aromatic nitrogens is 1. The molecule has 0 saturated carbocycles.